The van der Waals surface area contributed by atoms with Crippen molar-refractivity contribution in [2.75, 3.05) is 26.7 Å². The van der Waals surface area contributed by atoms with E-state index in [1.54, 1.807) is 18.4 Å². The van der Waals surface area contributed by atoms with Crippen LogP contribution in [0.5, 0.6) is 5.75 Å². The average molecular weight is 488 g/mol. The minimum absolute atomic E-state index is 0. The van der Waals surface area contributed by atoms with Gasteiger partial charge in [-0.05, 0) is 44.9 Å². The highest BCUT2D eigenvalue weighted by atomic mass is 127. The summed E-state index contributed by atoms with van der Waals surface area (Å²) in [5, 5.41) is 7.83. The third-order valence-corrected chi connectivity index (χ3v) is 4.95. The minimum atomic E-state index is 0. The number of aryl methyl sites for hydroxylation is 2. The van der Waals surface area contributed by atoms with Gasteiger partial charge in [0.25, 0.3) is 0 Å². The van der Waals surface area contributed by atoms with Gasteiger partial charge in [0.05, 0.1) is 17.8 Å². The summed E-state index contributed by atoms with van der Waals surface area (Å²) < 4.78 is 5.19. The molecule has 0 aliphatic carbocycles. The molecule has 0 aliphatic rings. The Labute approximate surface area is 177 Å². The zero-order valence-corrected chi connectivity index (χ0v) is 19.1. The summed E-state index contributed by atoms with van der Waals surface area (Å²) in [7, 11) is 1.69. The number of nitrogens with one attached hydrogen (secondary N) is 2. The Kier molecular flexibility index (Phi) is 10.6. The molecule has 2 aromatic rings. The van der Waals surface area contributed by atoms with E-state index in [0.29, 0.717) is 0 Å². The van der Waals surface area contributed by atoms with Crippen LogP contribution in [0.4, 0.5) is 0 Å². The predicted octanol–water partition coefficient (Wildman–Crippen LogP) is 3.73. The molecule has 1 heterocycles. The first kappa shape index (κ1) is 22.7. The Hall–Kier alpha value is -1.35. The van der Waals surface area contributed by atoms with Crippen LogP contribution >= 0.6 is 35.3 Å². The van der Waals surface area contributed by atoms with E-state index >= 15 is 0 Å². The van der Waals surface area contributed by atoms with E-state index in [1.807, 2.05) is 12.1 Å². The number of aliphatic imine (C=N–C) groups is 1. The second kappa shape index (κ2) is 12.1. The molecule has 26 heavy (non-hydrogen) atoms. The van der Waals surface area contributed by atoms with Crippen LogP contribution in [0.2, 0.25) is 0 Å². The smallest absolute Gasteiger partial charge is 0.191 e. The van der Waals surface area contributed by atoms with E-state index in [1.165, 1.54) is 10.4 Å². The quantitative estimate of drug-likeness (QED) is 0.338. The third-order valence-electron chi connectivity index (χ3n) is 3.82. The molecule has 2 rings (SSSR count). The lowest BCUT2D eigenvalue weighted by atomic mass is 10.1. The van der Waals surface area contributed by atoms with Crippen LogP contribution in [0.1, 0.15) is 28.1 Å². The minimum Gasteiger partial charge on any atom is -0.497 e. The summed E-state index contributed by atoms with van der Waals surface area (Å²) in [6.07, 6.45) is 1.88. The van der Waals surface area contributed by atoms with Crippen LogP contribution in [-0.2, 0) is 12.8 Å². The van der Waals surface area contributed by atoms with Crippen molar-refractivity contribution in [1.82, 2.24) is 15.6 Å². The van der Waals surface area contributed by atoms with Crippen molar-refractivity contribution in [2.24, 2.45) is 4.99 Å². The molecule has 0 fully saturated rings. The molecule has 2 N–H and O–H groups in total. The van der Waals surface area contributed by atoms with Gasteiger partial charge >= 0.3 is 0 Å². The molecule has 0 saturated carbocycles. The largest absolute Gasteiger partial charge is 0.497 e. The number of rotatable bonds is 8. The van der Waals surface area contributed by atoms with Crippen LogP contribution in [-0.4, -0.2) is 37.7 Å². The Balaban J connectivity index is 0.00000338. The standard InChI is InChI=1S/C19H28N4OS.HI/c1-5-20-19(22-13-11-18-14(2)23-15(3)25-18)21-12-10-16-6-8-17(24-4)9-7-16;/h6-9H,5,10-13H2,1-4H3,(H2,20,21,22);1H. The molecule has 5 nitrogen and oxygen atoms in total. The fourth-order valence-electron chi connectivity index (χ4n) is 2.53. The highest BCUT2D eigenvalue weighted by Crippen LogP contribution is 2.17. The molecule has 0 amide bonds. The number of aromatic nitrogens is 1. The van der Waals surface area contributed by atoms with Gasteiger partial charge in [-0.1, -0.05) is 12.1 Å². The van der Waals surface area contributed by atoms with Crippen molar-refractivity contribution in [3.63, 3.8) is 0 Å². The average Bonchev–Trinajstić information content (AvgIpc) is 2.93. The zero-order chi connectivity index (χ0) is 18.1. The first-order valence-corrected chi connectivity index (χ1v) is 9.52. The maximum Gasteiger partial charge on any atom is 0.191 e. The summed E-state index contributed by atoms with van der Waals surface area (Å²) >= 11 is 1.77. The first-order chi connectivity index (χ1) is 12.1. The molecule has 0 unspecified atom stereocenters. The number of nitrogens with zero attached hydrogens (tertiary/aromatic N) is 2. The Morgan fingerprint density at radius 1 is 1.15 bits per heavy atom. The van der Waals surface area contributed by atoms with Crippen LogP contribution < -0.4 is 15.4 Å². The maximum absolute atomic E-state index is 5.19. The summed E-state index contributed by atoms with van der Waals surface area (Å²) in [5.74, 6) is 1.76. The van der Waals surface area contributed by atoms with E-state index < -0.39 is 0 Å². The second-order valence-electron chi connectivity index (χ2n) is 5.78. The van der Waals surface area contributed by atoms with E-state index in [9.17, 15) is 0 Å². The Morgan fingerprint density at radius 3 is 2.46 bits per heavy atom. The number of guanidine groups is 1. The van der Waals surface area contributed by atoms with E-state index in [2.05, 4.69) is 53.5 Å². The highest BCUT2D eigenvalue weighted by molar-refractivity contribution is 14.0. The molecule has 0 saturated heterocycles. The molecule has 1 aromatic carbocycles. The number of halogens is 1. The molecule has 0 bridgehead atoms. The van der Waals surface area contributed by atoms with Gasteiger partial charge in [0.1, 0.15) is 5.75 Å². The first-order valence-electron chi connectivity index (χ1n) is 8.70. The highest BCUT2D eigenvalue weighted by Gasteiger charge is 2.04. The van der Waals surface area contributed by atoms with Crippen molar-refractivity contribution in [3.8, 4) is 5.75 Å². The van der Waals surface area contributed by atoms with Gasteiger partial charge in [-0.2, -0.15) is 0 Å². The maximum atomic E-state index is 5.19. The van der Waals surface area contributed by atoms with Gasteiger partial charge in [0, 0.05) is 30.9 Å². The SMILES string of the molecule is CCNC(=NCCc1sc(C)nc1C)NCCc1ccc(OC)cc1.I. The van der Waals surface area contributed by atoms with Crippen molar-refractivity contribution in [3.05, 3.63) is 45.4 Å². The van der Waals surface area contributed by atoms with Crippen molar-refractivity contribution in [2.45, 2.75) is 33.6 Å². The Morgan fingerprint density at radius 2 is 1.88 bits per heavy atom. The van der Waals surface area contributed by atoms with Gasteiger partial charge in [0.15, 0.2) is 5.96 Å². The molecule has 7 heteroatoms. The van der Waals surface area contributed by atoms with Gasteiger partial charge in [-0.25, -0.2) is 4.98 Å². The lowest BCUT2D eigenvalue weighted by Gasteiger charge is -2.11. The van der Waals surface area contributed by atoms with Gasteiger partial charge in [-0.3, -0.25) is 4.99 Å². The summed E-state index contributed by atoms with van der Waals surface area (Å²) in [4.78, 5) is 10.5. The number of hydrogen-bond donors (Lipinski definition) is 2. The summed E-state index contributed by atoms with van der Waals surface area (Å²) in [6.45, 7) is 8.66. The van der Waals surface area contributed by atoms with Crippen molar-refractivity contribution < 1.29 is 4.74 Å². The second-order valence-corrected chi connectivity index (χ2v) is 7.06. The molecule has 0 radical (unpaired) electrons. The van der Waals surface area contributed by atoms with E-state index in [4.69, 9.17) is 4.74 Å². The molecule has 0 aliphatic heterocycles. The lowest BCUT2D eigenvalue weighted by molar-refractivity contribution is 0.414. The van der Waals surface area contributed by atoms with Crippen LogP contribution in [0.3, 0.4) is 0 Å². The van der Waals surface area contributed by atoms with E-state index in [-0.39, 0.29) is 24.0 Å². The molecular weight excluding hydrogens is 459 g/mol. The third kappa shape index (κ3) is 7.49. The molecule has 1 aromatic heterocycles. The fraction of sp³-hybridized carbons (Fsp3) is 0.474. The van der Waals surface area contributed by atoms with Crippen molar-refractivity contribution >= 4 is 41.3 Å². The van der Waals surface area contributed by atoms with Gasteiger partial charge < -0.3 is 15.4 Å². The number of thiazole rings is 1. The zero-order valence-electron chi connectivity index (χ0n) is 16.0. The summed E-state index contributed by atoms with van der Waals surface area (Å²) in [6, 6.07) is 8.18. The number of hydrogen-bond acceptors (Lipinski definition) is 4. The molecule has 144 valence electrons. The molecule has 0 atom stereocenters. The lowest BCUT2D eigenvalue weighted by Crippen LogP contribution is -2.38. The number of benzene rings is 1. The van der Waals surface area contributed by atoms with Crippen LogP contribution in [0.25, 0.3) is 0 Å². The Bertz CT molecular complexity index is 685. The summed E-state index contributed by atoms with van der Waals surface area (Å²) in [5.41, 5.74) is 2.41. The topological polar surface area (TPSA) is 58.5 Å². The number of ether oxygens (including phenoxy) is 1. The number of methoxy groups -OCH3 is 1. The molecular formula is C19H29IN4OS. The van der Waals surface area contributed by atoms with Gasteiger partial charge in [-0.15, -0.1) is 35.3 Å². The normalized spacial score (nSPS) is 11.0. The molecule has 0 spiro atoms. The predicted molar refractivity (Wildman–Crippen MR) is 121 cm³/mol. The van der Waals surface area contributed by atoms with Crippen LogP contribution in [0, 0.1) is 13.8 Å². The monoisotopic (exact) mass is 488 g/mol. The van der Waals surface area contributed by atoms with E-state index in [0.717, 1.165) is 54.9 Å². The fourth-order valence-corrected chi connectivity index (χ4v) is 3.46. The van der Waals surface area contributed by atoms with Crippen molar-refractivity contribution in [1.29, 1.82) is 0 Å². The van der Waals surface area contributed by atoms with Gasteiger partial charge in [0.2, 0.25) is 0 Å². The van der Waals surface area contributed by atoms with Crippen LogP contribution in [0.15, 0.2) is 29.3 Å².